The third-order valence-corrected chi connectivity index (χ3v) is 2.41. The lowest BCUT2D eigenvalue weighted by atomic mass is 10.2. The lowest BCUT2D eigenvalue weighted by Gasteiger charge is -1.90. The van der Waals surface area contributed by atoms with E-state index in [9.17, 15) is 0 Å². The fraction of sp³-hybridized carbons (Fsp3) is 0.368. The van der Waals surface area contributed by atoms with E-state index in [-0.39, 0.29) is 0 Å². The van der Waals surface area contributed by atoms with Crippen molar-refractivity contribution < 1.29 is 0 Å². The van der Waals surface area contributed by atoms with Crippen LogP contribution in [0.2, 0.25) is 0 Å². The van der Waals surface area contributed by atoms with Gasteiger partial charge in [0.25, 0.3) is 0 Å². The molecule has 0 atom stereocenters. The Bertz CT molecular complexity index is 285. The SMILES string of the molecule is C=CC=C.C=Cc1ccccc1.CCCCCCC. The molecule has 0 bridgehead atoms. The quantitative estimate of drug-likeness (QED) is 0.395. The predicted octanol–water partition coefficient (Wildman–Crippen LogP) is 6.66. The van der Waals surface area contributed by atoms with Crippen LogP contribution < -0.4 is 0 Å². The minimum atomic E-state index is 1.17. The molecule has 0 aliphatic heterocycles. The molecule has 0 fully saturated rings. The summed E-state index contributed by atoms with van der Waals surface area (Å²) in [5, 5.41) is 0. The summed E-state index contributed by atoms with van der Waals surface area (Å²) in [4.78, 5) is 0. The topological polar surface area (TPSA) is 0 Å². The molecule has 0 aliphatic rings. The first-order valence-electron chi connectivity index (χ1n) is 7.17. The largest absolute Gasteiger partial charge is 0.0991 e. The van der Waals surface area contributed by atoms with E-state index < -0.39 is 0 Å². The lowest BCUT2D eigenvalue weighted by molar-refractivity contribution is 0.656. The first-order valence-corrected chi connectivity index (χ1v) is 7.17. The van der Waals surface area contributed by atoms with E-state index in [1.165, 1.54) is 37.7 Å². The summed E-state index contributed by atoms with van der Waals surface area (Å²) in [7, 11) is 0. The van der Waals surface area contributed by atoms with Crippen LogP contribution in [0.4, 0.5) is 0 Å². The molecule has 0 saturated heterocycles. The van der Waals surface area contributed by atoms with E-state index in [1.807, 2.05) is 36.4 Å². The zero-order valence-corrected chi connectivity index (χ0v) is 12.8. The Kier molecular flexibility index (Phi) is 19.6. The van der Waals surface area contributed by atoms with Crippen LogP contribution in [-0.4, -0.2) is 0 Å². The summed E-state index contributed by atoms with van der Waals surface area (Å²) >= 11 is 0. The molecule has 0 radical (unpaired) electrons. The van der Waals surface area contributed by atoms with Gasteiger partial charge in [-0.25, -0.2) is 0 Å². The number of hydrogen-bond acceptors (Lipinski definition) is 0. The molecule has 0 spiro atoms. The Labute approximate surface area is 120 Å². The van der Waals surface area contributed by atoms with E-state index >= 15 is 0 Å². The van der Waals surface area contributed by atoms with Crippen molar-refractivity contribution in [2.24, 2.45) is 0 Å². The molecule has 0 aliphatic carbocycles. The van der Waals surface area contributed by atoms with Crippen LogP contribution in [0.15, 0.2) is 62.2 Å². The lowest BCUT2D eigenvalue weighted by Crippen LogP contribution is -1.70. The molecule has 1 aromatic rings. The zero-order valence-electron chi connectivity index (χ0n) is 12.8. The van der Waals surface area contributed by atoms with E-state index in [2.05, 4.69) is 33.6 Å². The summed E-state index contributed by atoms with van der Waals surface area (Å²) in [6.45, 7) is 14.8. The highest BCUT2D eigenvalue weighted by Gasteiger charge is 1.80. The highest BCUT2D eigenvalue weighted by Crippen LogP contribution is 2.00. The smallest absolute Gasteiger partial charge is 0.0263 e. The van der Waals surface area contributed by atoms with Crippen LogP contribution >= 0.6 is 0 Å². The molecular weight excluding hydrogens is 228 g/mol. The van der Waals surface area contributed by atoms with Gasteiger partial charge in [-0.15, -0.1) is 0 Å². The second-order valence-electron chi connectivity index (χ2n) is 4.15. The van der Waals surface area contributed by atoms with Crippen molar-refractivity contribution in [3.63, 3.8) is 0 Å². The van der Waals surface area contributed by atoms with Gasteiger partial charge in [-0.2, -0.15) is 0 Å². The molecule has 0 unspecified atom stereocenters. The molecule has 0 saturated carbocycles. The number of unbranched alkanes of at least 4 members (excludes halogenated alkanes) is 4. The van der Waals surface area contributed by atoms with Gasteiger partial charge in [0, 0.05) is 0 Å². The first kappa shape index (κ1) is 19.8. The van der Waals surface area contributed by atoms with E-state index in [1.54, 1.807) is 12.2 Å². The van der Waals surface area contributed by atoms with Crippen molar-refractivity contribution in [2.75, 3.05) is 0 Å². The van der Waals surface area contributed by atoms with Crippen LogP contribution in [0.3, 0.4) is 0 Å². The highest BCUT2D eigenvalue weighted by molar-refractivity contribution is 5.45. The average Bonchev–Trinajstić information content (AvgIpc) is 2.49. The van der Waals surface area contributed by atoms with Crippen molar-refractivity contribution in [2.45, 2.75) is 46.0 Å². The molecule has 0 nitrogen and oxygen atoms in total. The Morgan fingerprint density at radius 2 is 1.26 bits per heavy atom. The molecule has 1 rings (SSSR count). The zero-order chi connectivity index (χ0) is 14.8. The maximum atomic E-state index is 3.63. The Morgan fingerprint density at radius 3 is 1.53 bits per heavy atom. The molecule has 0 amide bonds. The second kappa shape index (κ2) is 18.8. The van der Waals surface area contributed by atoms with Gasteiger partial charge >= 0.3 is 0 Å². The summed E-state index contributed by atoms with van der Waals surface area (Å²) < 4.78 is 0. The monoisotopic (exact) mass is 258 g/mol. The van der Waals surface area contributed by atoms with Crippen LogP contribution in [0, 0.1) is 0 Å². The highest BCUT2D eigenvalue weighted by atomic mass is 13.9. The van der Waals surface area contributed by atoms with Gasteiger partial charge in [0.1, 0.15) is 0 Å². The van der Waals surface area contributed by atoms with Crippen LogP contribution in [0.25, 0.3) is 6.08 Å². The molecule has 0 heteroatoms. The van der Waals surface area contributed by atoms with Crippen molar-refractivity contribution in [3.05, 3.63) is 67.8 Å². The third kappa shape index (κ3) is 19.0. The van der Waals surface area contributed by atoms with Gasteiger partial charge < -0.3 is 0 Å². The number of hydrogen-bond donors (Lipinski definition) is 0. The van der Waals surface area contributed by atoms with Crippen LogP contribution in [0.1, 0.15) is 51.5 Å². The van der Waals surface area contributed by atoms with Gasteiger partial charge in [-0.1, -0.05) is 114 Å². The second-order valence-corrected chi connectivity index (χ2v) is 4.15. The Morgan fingerprint density at radius 1 is 0.789 bits per heavy atom. The number of allylic oxidation sites excluding steroid dienone is 2. The standard InChI is InChI=1S/C8H8.C7H16.C4H6/c1-2-8-6-4-3-5-7-8;1-3-5-7-6-4-2;1-3-4-2/h2-7H,1H2;3-7H2,1-2H3;3-4H,1-2H2. The summed E-state index contributed by atoms with van der Waals surface area (Å²) in [5.41, 5.74) is 1.17. The van der Waals surface area contributed by atoms with Crippen LogP contribution in [-0.2, 0) is 0 Å². The van der Waals surface area contributed by atoms with Gasteiger partial charge in [0.15, 0.2) is 0 Å². The molecule has 106 valence electrons. The van der Waals surface area contributed by atoms with Crippen LogP contribution in [0.5, 0.6) is 0 Å². The molecule has 0 N–H and O–H groups in total. The molecule has 1 aromatic carbocycles. The first-order chi connectivity index (χ1) is 9.26. The van der Waals surface area contributed by atoms with Crippen molar-refractivity contribution in [1.29, 1.82) is 0 Å². The minimum absolute atomic E-state index is 1.17. The molecule has 0 heterocycles. The van der Waals surface area contributed by atoms with Gasteiger partial charge in [0.2, 0.25) is 0 Å². The summed E-state index contributed by atoms with van der Waals surface area (Å²) in [5.74, 6) is 0. The van der Waals surface area contributed by atoms with E-state index in [4.69, 9.17) is 0 Å². The fourth-order valence-electron chi connectivity index (χ4n) is 1.27. The van der Waals surface area contributed by atoms with E-state index in [0.717, 1.165) is 0 Å². The number of benzene rings is 1. The predicted molar refractivity (Wildman–Crippen MR) is 91.4 cm³/mol. The van der Waals surface area contributed by atoms with Crippen molar-refractivity contribution in [3.8, 4) is 0 Å². The molecule has 0 aromatic heterocycles. The number of rotatable bonds is 6. The minimum Gasteiger partial charge on any atom is -0.0991 e. The maximum Gasteiger partial charge on any atom is -0.0263 e. The summed E-state index contributed by atoms with van der Waals surface area (Å²) in [6.07, 6.45) is 12.1. The van der Waals surface area contributed by atoms with E-state index in [0.29, 0.717) is 0 Å². The van der Waals surface area contributed by atoms with Gasteiger partial charge in [-0.05, 0) is 5.56 Å². The van der Waals surface area contributed by atoms with Crippen molar-refractivity contribution in [1.82, 2.24) is 0 Å². The fourth-order valence-corrected chi connectivity index (χ4v) is 1.27. The summed E-state index contributed by atoms with van der Waals surface area (Å²) in [6, 6.07) is 10.0. The molecule has 19 heavy (non-hydrogen) atoms. The third-order valence-electron chi connectivity index (χ3n) is 2.41. The van der Waals surface area contributed by atoms with Crippen molar-refractivity contribution >= 4 is 6.08 Å². The molecular formula is C19H30. The van der Waals surface area contributed by atoms with Gasteiger partial charge in [-0.3, -0.25) is 0 Å². The Balaban J connectivity index is 0. The average molecular weight is 258 g/mol. The Hall–Kier alpha value is -1.56. The maximum absolute atomic E-state index is 3.63. The van der Waals surface area contributed by atoms with Gasteiger partial charge in [0.05, 0.1) is 0 Å². The normalized spacial score (nSPS) is 8.11.